The lowest BCUT2D eigenvalue weighted by Gasteiger charge is -2.35. The fraction of sp³-hybridized carbons (Fsp3) is 0.100. The fourth-order valence-corrected chi connectivity index (χ4v) is 6.31. The van der Waals surface area contributed by atoms with Gasteiger partial charge in [0, 0.05) is 17.9 Å². The number of fused-ring (bicyclic) bond motifs is 1. The summed E-state index contributed by atoms with van der Waals surface area (Å²) in [5.74, 6) is -0.427. The summed E-state index contributed by atoms with van der Waals surface area (Å²) in [6, 6.07) is 30.6. The summed E-state index contributed by atoms with van der Waals surface area (Å²) in [7, 11) is -3.94. The van der Waals surface area contributed by atoms with Crippen LogP contribution < -0.4 is 4.31 Å². The van der Waals surface area contributed by atoms with E-state index >= 15 is 0 Å². The minimum Gasteiger partial charge on any atom is -0.294 e. The maximum Gasteiger partial charge on any atom is 0.268 e. The standard InChI is InChI=1S/C30H24ClNO3S/c1-21-15-17-24(18-16-21)36(34,35)32-28-14-8-6-11-25(28)23(19-29(32)22-9-3-2-4-10-22)20-30(33)26-12-5-7-13-27(26)31/h2-19,23H,20H2,1H3/t23-/m0/s1. The van der Waals surface area contributed by atoms with Gasteiger partial charge in [-0.15, -0.1) is 0 Å². The molecule has 4 aromatic carbocycles. The van der Waals surface area contributed by atoms with E-state index in [2.05, 4.69) is 0 Å². The number of rotatable bonds is 6. The molecule has 0 N–H and O–H groups in total. The van der Waals surface area contributed by atoms with Crippen molar-refractivity contribution in [3.63, 3.8) is 0 Å². The number of benzene rings is 4. The highest BCUT2D eigenvalue weighted by Crippen LogP contribution is 2.45. The molecule has 180 valence electrons. The van der Waals surface area contributed by atoms with E-state index < -0.39 is 10.0 Å². The van der Waals surface area contributed by atoms with Crippen LogP contribution in [0.3, 0.4) is 0 Å². The second-order valence-corrected chi connectivity index (χ2v) is 11.0. The van der Waals surface area contributed by atoms with Crippen LogP contribution in [0.15, 0.2) is 114 Å². The highest BCUT2D eigenvalue weighted by atomic mass is 35.5. The Morgan fingerprint density at radius 2 is 1.47 bits per heavy atom. The van der Waals surface area contributed by atoms with Crippen LogP contribution in [0.5, 0.6) is 0 Å². The number of aryl methyl sites for hydroxylation is 1. The molecule has 0 aromatic heterocycles. The highest BCUT2D eigenvalue weighted by molar-refractivity contribution is 7.93. The largest absolute Gasteiger partial charge is 0.294 e. The number of allylic oxidation sites excluding steroid dienone is 1. The first-order valence-corrected chi connectivity index (χ1v) is 13.4. The van der Waals surface area contributed by atoms with Crippen molar-refractivity contribution in [3.05, 3.63) is 136 Å². The van der Waals surface area contributed by atoms with Crippen LogP contribution in [0.25, 0.3) is 5.70 Å². The van der Waals surface area contributed by atoms with E-state index in [1.54, 1.807) is 54.6 Å². The minimum absolute atomic E-state index is 0.0982. The van der Waals surface area contributed by atoms with E-state index in [-0.39, 0.29) is 23.0 Å². The van der Waals surface area contributed by atoms with E-state index in [4.69, 9.17) is 11.6 Å². The minimum atomic E-state index is -3.94. The first kappa shape index (κ1) is 24.0. The number of anilines is 1. The predicted octanol–water partition coefficient (Wildman–Crippen LogP) is 7.26. The third-order valence-corrected chi connectivity index (χ3v) is 8.41. The van der Waals surface area contributed by atoms with Gasteiger partial charge >= 0.3 is 0 Å². The third-order valence-electron chi connectivity index (χ3n) is 6.34. The lowest BCUT2D eigenvalue weighted by Crippen LogP contribution is -2.33. The molecule has 5 rings (SSSR count). The Morgan fingerprint density at radius 1 is 0.833 bits per heavy atom. The second-order valence-electron chi connectivity index (χ2n) is 8.77. The monoisotopic (exact) mass is 513 g/mol. The van der Waals surface area contributed by atoms with Gasteiger partial charge in [0.1, 0.15) is 0 Å². The molecule has 0 bridgehead atoms. The molecular weight excluding hydrogens is 490 g/mol. The molecule has 0 amide bonds. The number of nitrogens with zero attached hydrogens (tertiary/aromatic N) is 1. The highest BCUT2D eigenvalue weighted by Gasteiger charge is 2.36. The van der Waals surface area contributed by atoms with Crippen LogP contribution in [0.1, 0.15) is 39.4 Å². The molecule has 6 heteroatoms. The number of hydrogen-bond donors (Lipinski definition) is 0. The zero-order valence-corrected chi connectivity index (χ0v) is 21.2. The first-order valence-electron chi connectivity index (χ1n) is 11.6. The number of sulfonamides is 1. The predicted molar refractivity (Wildman–Crippen MR) is 145 cm³/mol. The van der Waals surface area contributed by atoms with Crippen LogP contribution in [0.4, 0.5) is 5.69 Å². The van der Waals surface area contributed by atoms with E-state index in [0.717, 1.165) is 16.7 Å². The first-order chi connectivity index (χ1) is 17.4. The second kappa shape index (κ2) is 9.76. The smallest absolute Gasteiger partial charge is 0.268 e. The van der Waals surface area contributed by atoms with Crippen LogP contribution >= 0.6 is 11.6 Å². The van der Waals surface area contributed by atoms with Gasteiger partial charge in [-0.2, -0.15) is 0 Å². The molecule has 4 nitrogen and oxygen atoms in total. The average molecular weight is 514 g/mol. The molecule has 0 saturated carbocycles. The summed E-state index contributed by atoms with van der Waals surface area (Å²) in [5, 5.41) is 0.405. The molecule has 1 aliphatic heterocycles. The lowest BCUT2D eigenvalue weighted by molar-refractivity contribution is 0.0978. The summed E-state index contributed by atoms with van der Waals surface area (Å²) in [5.41, 5.74) is 4.01. The molecule has 1 aliphatic rings. The lowest BCUT2D eigenvalue weighted by atomic mass is 9.86. The van der Waals surface area contributed by atoms with Gasteiger partial charge in [-0.05, 0) is 48.4 Å². The van der Waals surface area contributed by atoms with Crippen LogP contribution in [0, 0.1) is 6.92 Å². The summed E-state index contributed by atoms with van der Waals surface area (Å²) in [4.78, 5) is 13.5. The van der Waals surface area contributed by atoms with Gasteiger partial charge in [-0.1, -0.05) is 96.0 Å². The normalized spacial score (nSPS) is 15.2. The Hall–Kier alpha value is -3.67. The summed E-state index contributed by atoms with van der Waals surface area (Å²) in [6.45, 7) is 1.92. The number of ketones is 1. The van der Waals surface area contributed by atoms with Gasteiger partial charge in [0.05, 0.1) is 21.3 Å². The van der Waals surface area contributed by atoms with Crippen LogP contribution in [-0.4, -0.2) is 14.2 Å². The molecule has 1 heterocycles. The Bertz CT molecular complexity index is 1560. The maximum atomic E-state index is 14.0. The van der Waals surface area contributed by atoms with Crippen LogP contribution in [0.2, 0.25) is 5.02 Å². The quantitative estimate of drug-likeness (QED) is 0.255. The zero-order chi connectivity index (χ0) is 25.3. The number of carbonyl (C=O) groups excluding carboxylic acids is 1. The third kappa shape index (κ3) is 4.48. The van der Waals surface area contributed by atoms with Gasteiger partial charge in [0.25, 0.3) is 10.0 Å². The number of para-hydroxylation sites is 1. The van der Waals surface area contributed by atoms with Crippen molar-refractivity contribution >= 4 is 38.8 Å². The van der Waals surface area contributed by atoms with E-state index in [1.165, 1.54) is 4.31 Å². The summed E-state index contributed by atoms with van der Waals surface area (Å²) < 4.78 is 29.5. The summed E-state index contributed by atoms with van der Waals surface area (Å²) in [6.07, 6.45) is 2.05. The van der Waals surface area contributed by atoms with Crippen molar-refractivity contribution < 1.29 is 13.2 Å². The molecule has 0 unspecified atom stereocenters. The van der Waals surface area contributed by atoms with E-state index in [1.807, 2.05) is 61.5 Å². The van der Waals surface area contributed by atoms with Gasteiger partial charge < -0.3 is 0 Å². The van der Waals surface area contributed by atoms with Crippen molar-refractivity contribution in [3.8, 4) is 0 Å². The van der Waals surface area contributed by atoms with Gasteiger partial charge in [0.15, 0.2) is 5.78 Å². The Balaban J connectivity index is 1.66. The van der Waals surface area contributed by atoms with Gasteiger partial charge in [-0.25, -0.2) is 12.7 Å². The fourth-order valence-electron chi connectivity index (χ4n) is 4.53. The van der Waals surface area contributed by atoms with Crippen molar-refractivity contribution in [1.82, 2.24) is 0 Å². The molecule has 0 fully saturated rings. The molecular formula is C30H24ClNO3S. The van der Waals surface area contributed by atoms with Gasteiger partial charge in [0.2, 0.25) is 0 Å². The molecule has 0 saturated heterocycles. The topological polar surface area (TPSA) is 54.5 Å². The molecule has 0 spiro atoms. The Morgan fingerprint density at radius 3 is 2.19 bits per heavy atom. The van der Waals surface area contributed by atoms with Crippen molar-refractivity contribution in [2.24, 2.45) is 0 Å². The molecule has 4 aromatic rings. The number of halogens is 1. The summed E-state index contributed by atoms with van der Waals surface area (Å²) >= 11 is 6.30. The Labute approximate surface area is 216 Å². The van der Waals surface area contributed by atoms with Crippen molar-refractivity contribution in [2.45, 2.75) is 24.2 Å². The van der Waals surface area contributed by atoms with E-state index in [0.29, 0.717) is 22.0 Å². The molecule has 0 aliphatic carbocycles. The SMILES string of the molecule is Cc1ccc(S(=O)(=O)N2C(c3ccccc3)=C[C@@H](CC(=O)c3ccccc3Cl)c3ccccc32)cc1. The van der Waals surface area contributed by atoms with Crippen molar-refractivity contribution in [2.75, 3.05) is 4.31 Å². The number of Topliss-reactive ketones (excluding diaryl/α,β-unsaturated/α-hetero) is 1. The van der Waals surface area contributed by atoms with Crippen LogP contribution in [-0.2, 0) is 10.0 Å². The Kier molecular flexibility index (Phi) is 6.52. The average Bonchev–Trinajstić information content (AvgIpc) is 2.89. The van der Waals surface area contributed by atoms with Crippen molar-refractivity contribution in [1.29, 1.82) is 0 Å². The van der Waals surface area contributed by atoms with Gasteiger partial charge in [-0.3, -0.25) is 4.79 Å². The van der Waals surface area contributed by atoms with E-state index in [9.17, 15) is 13.2 Å². The number of hydrogen-bond acceptors (Lipinski definition) is 3. The number of carbonyl (C=O) groups is 1. The molecule has 1 atom stereocenters. The maximum absolute atomic E-state index is 14.0. The molecule has 36 heavy (non-hydrogen) atoms. The molecule has 0 radical (unpaired) electrons. The zero-order valence-electron chi connectivity index (χ0n) is 19.6.